The van der Waals surface area contributed by atoms with Gasteiger partial charge in [0.1, 0.15) is 18.2 Å². The van der Waals surface area contributed by atoms with Crippen molar-refractivity contribution in [2.45, 2.75) is 26.2 Å². The average Bonchev–Trinajstić information content (AvgIpc) is 2.82. The highest BCUT2D eigenvalue weighted by Gasteiger charge is 2.17. The number of para-hydroxylation sites is 1. The predicted molar refractivity (Wildman–Crippen MR) is 129 cm³/mol. The van der Waals surface area contributed by atoms with Crippen molar-refractivity contribution in [2.75, 3.05) is 50.6 Å². The maximum Gasteiger partial charge on any atom is 0.257 e. The fourth-order valence-corrected chi connectivity index (χ4v) is 4.05. The normalized spacial score (nSPS) is 13.8. The van der Waals surface area contributed by atoms with Crippen LogP contribution < -0.4 is 15.0 Å². The number of benzene rings is 2. The molecule has 2 aromatic carbocycles. The van der Waals surface area contributed by atoms with Gasteiger partial charge in [0.15, 0.2) is 0 Å². The minimum Gasteiger partial charge on any atom is -0.491 e. The molecule has 0 unspecified atom stereocenters. The predicted octanol–water partition coefficient (Wildman–Crippen LogP) is 4.12. The molecule has 0 aliphatic carbocycles. The van der Waals surface area contributed by atoms with E-state index in [0.717, 1.165) is 41.3 Å². The third kappa shape index (κ3) is 4.77. The SMILES string of the molecule is Cc1cccc2nc(N3CCCCC3)nc(NCCOc3ccccc3C(=O)N(C)C)c12. The van der Waals surface area contributed by atoms with Crippen molar-refractivity contribution in [3.05, 3.63) is 53.6 Å². The standard InChI is InChI=1S/C25H31N5O2/c1-18-10-9-12-20-22(18)23(28-25(27-20)30-15-7-4-8-16-30)26-14-17-32-21-13-6-5-11-19(21)24(31)29(2)3/h5-6,9-13H,4,7-8,14-17H2,1-3H3,(H,26,27,28). The van der Waals surface area contributed by atoms with E-state index in [1.54, 1.807) is 25.1 Å². The number of nitrogens with zero attached hydrogens (tertiary/aromatic N) is 4. The van der Waals surface area contributed by atoms with Crippen LogP contribution in [0.1, 0.15) is 35.2 Å². The minimum atomic E-state index is -0.0721. The number of hydrogen-bond acceptors (Lipinski definition) is 6. The van der Waals surface area contributed by atoms with Crippen molar-refractivity contribution >= 4 is 28.6 Å². The minimum absolute atomic E-state index is 0.0721. The highest BCUT2D eigenvalue weighted by atomic mass is 16.5. The molecule has 1 N–H and O–H groups in total. The van der Waals surface area contributed by atoms with Gasteiger partial charge < -0.3 is 19.9 Å². The van der Waals surface area contributed by atoms with Crippen LogP contribution >= 0.6 is 0 Å². The second kappa shape index (κ2) is 9.85. The lowest BCUT2D eigenvalue weighted by molar-refractivity contribution is 0.0823. The summed E-state index contributed by atoms with van der Waals surface area (Å²) < 4.78 is 5.96. The number of ether oxygens (including phenoxy) is 1. The van der Waals surface area contributed by atoms with Gasteiger partial charge in [0.2, 0.25) is 5.95 Å². The van der Waals surface area contributed by atoms with Crippen LogP contribution in [-0.4, -0.2) is 61.1 Å². The van der Waals surface area contributed by atoms with E-state index >= 15 is 0 Å². The van der Waals surface area contributed by atoms with Crippen molar-refractivity contribution in [3.8, 4) is 5.75 Å². The van der Waals surface area contributed by atoms with Crippen LogP contribution in [0.2, 0.25) is 0 Å². The topological polar surface area (TPSA) is 70.6 Å². The summed E-state index contributed by atoms with van der Waals surface area (Å²) in [5.41, 5.74) is 2.65. The van der Waals surface area contributed by atoms with Gasteiger partial charge in [0, 0.05) is 32.6 Å². The Balaban J connectivity index is 1.50. The van der Waals surface area contributed by atoms with E-state index in [1.165, 1.54) is 19.3 Å². The number of carbonyl (C=O) groups is 1. The number of aryl methyl sites for hydroxylation is 1. The molecule has 4 rings (SSSR count). The Bertz CT molecular complexity index is 1090. The average molecular weight is 434 g/mol. The van der Waals surface area contributed by atoms with Gasteiger partial charge >= 0.3 is 0 Å². The number of piperidine rings is 1. The Morgan fingerprint density at radius 1 is 1.06 bits per heavy atom. The highest BCUT2D eigenvalue weighted by molar-refractivity contribution is 5.96. The summed E-state index contributed by atoms with van der Waals surface area (Å²) in [4.78, 5) is 26.0. The van der Waals surface area contributed by atoms with Gasteiger partial charge in [0.05, 0.1) is 17.6 Å². The lowest BCUT2D eigenvalue weighted by Crippen LogP contribution is -2.31. The smallest absolute Gasteiger partial charge is 0.257 e. The second-order valence-corrected chi connectivity index (χ2v) is 8.36. The van der Waals surface area contributed by atoms with E-state index in [1.807, 2.05) is 30.3 Å². The van der Waals surface area contributed by atoms with Gasteiger partial charge in [-0.25, -0.2) is 4.98 Å². The lowest BCUT2D eigenvalue weighted by Gasteiger charge is -2.27. The van der Waals surface area contributed by atoms with Gasteiger partial charge in [-0.3, -0.25) is 4.79 Å². The number of aromatic nitrogens is 2. The highest BCUT2D eigenvalue weighted by Crippen LogP contribution is 2.28. The summed E-state index contributed by atoms with van der Waals surface area (Å²) in [5, 5.41) is 4.49. The molecule has 7 nitrogen and oxygen atoms in total. The van der Waals surface area contributed by atoms with Crippen molar-refractivity contribution in [2.24, 2.45) is 0 Å². The molecule has 0 bridgehead atoms. The van der Waals surface area contributed by atoms with Gasteiger partial charge in [-0.15, -0.1) is 0 Å². The number of hydrogen-bond donors (Lipinski definition) is 1. The van der Waals surface area contributed by atoms with Gasteiger partial charge in [-0.1, -0.05) is 24.3 Å². The summed E-state index contributed by atoms with van der Waals surface area (Å²) in [6, 6.07) is 13.5. The van der Waals surface area contributed by atoms with Crippen LogP contribution in [0.15, 0.2) is 42.5 Å². The Hall–Kier alpha value is -3.35. The molecule has 1 fully saturated rings. The third-order valence-corrected chi connectivity index (χ3v) is 5.73. The monoisotopic (exact) mass is 433 g/mol. The number of anilines is 2. The van der Waals surface area contributed by atoms with E-state index in [4.69, 9.17) is 14.7 Å². The van der Waals surface area contributed by atoms with Crippen LogP contribution in [0.4, 0.5) is 11.8 Å². The number of amides is 1. The molecule has 2 heterocycles. The van der Waals surface area contributed by atoms with Gasteiger partial charge in [-0.05, 0) is 49.9 Å². The first-order chi connectivity index (χ1) is 15.5. The molecule has 1 aromatic heterocycles. The first kappa shape index (κ1) is 21.9. The van der Waals surface area contributed by atoms with Crippen molar-refractivity contribution in [1.29, 1.82) is 0 Å². The van der Waals surface area contributed by atoms with E-state index in [-0.39, 0.29) is 5.91 Å². The van der Waals surface area contributed by atoms with Crippen molar-refractivity contribution in [3.63, 3.8) is 0 Å². The molecule has 1 aliphatic rings. The van der Waals surface area contributed by atoms with E-state index in [2.05, 4.69) is 23.2 Å². The first-order valence-electron chi connectivity index (χ1n) is 11.2. The summed E-state index contributed by atoms with van der Waals surface area (Å²) >= 11 is 0. The summed E-state index contributed by atoms with van der Waals surface area (Å²) in [6.07, 6.45) is 3.62. The molecule has 0 radical (unpaired) electrons. The van der Waals surface area contributed by atoms with Gasteiger partial charge in [-0.2, -0.15) is 4.98 Å². The molecule has 0 saturated carbocycles. The zero-order valence-electron chi connectivity index (χ0n) is 19.1. The molecule has 0 spiro atoms. The van der Waals surface area contributed by atoms with Crippen LogP contribution in [0.25, 0.3) is 10.9 Å². The largest absolute Gasteiger partial charge is 0.491 e. The van der Waals surface area contributed by atoms with E-state index in [0.29, 0.717) is 24.5 Å². The number of nitrogens with one attached hydrogen (secondary N) is 1. The first-order valence-corrected chi connectivity index (χ1v) is 11.2. The van der Waals surface area contributed by atoms with Crippen LogP contribution in [0.3, 0.4) is 0 Å². The molecule has 168 valence electrons. The van der Waals surface area contributed by atoms with Crippen molar-refractivity contribution in [1.82, 2.24) is 14.9 Å². The van der Waals surface area contributed by atoms with Crippen molar-refractivity contribution < 1.29 is 9.53 Å². The maximum atomic E-state index is 12.4. The molecule has 0 atom stereocenters. The Labute approximate surface area is 189 Å². The number of carbonyl (C=O) groups excluding carboxylic acids is 1. The summed E-state index contributed by atoms with van der Waals surface area (Å²) in [5.74, 6) is 2.13. The van der Waals surface area contributed by atoms with Crippen LogP contribution in [0, 0.1) is 6.92 Å². The quantitative estimate of drug-likeness (QED) is 0.565. The molecule has 1 saturated heterocycles. The van der Waals surface area contributed by atoms with Crippen LogP contribution in [-0.2, 0) is 0 Å². The second-order valence-electron chi connectivity index (χ2n) is 8.36. The molecule has 32 heavy (non-hydrogen) atoms. The Morgan fingerprint density at radius 2 is 1.84 bits per heavy atom. The molecule has 7 heteroatoms. The Morgan fingerprint density at radius 3 is 2.62 bits per heavy atom. The number of rotatable bonds is 7. The lowest BCUT2D eigenvalue weighted by atomic mass is 10.1. The summed E-state index contributed by atoms with van der Waals surface area (Å²) in [7, 11) is 3.48. The van der Waals surface area contributed by atoms with E-state index in [9.17, 15) is 4.79 Å². The fourth-order valence-electron chi connectivity index (χ4n) is 4.05. The molecule has 1 amide bonds. The zero-order valence-corrected chi connectivity index (χ0v) is 19.1. The van der Waals surface area contributed by atoms with Gasteiger partial charge in [0.25, 0.3) is 5.91 Å². The molecular weight excluding hydrogens is 402 g/mol. The molecular formula is C25H31N5O2. The summed E-state index contributed by atoms with van der Waals surface area (Å²) in [6.45, 7) is 5.04. The molecule has 3 aromatic rings. The Kier molecular flexibility index (Phi) is 6.73. The third-order valence-electron chi connectivity index (χ3n) is 5.73. The number of fused-ring (bicyclic) bond motifs is 1. The fraction of sp³-hybridized carbons (Fsp3) is 0.400. The maximum absolute atomic E-state index is 12.4. The molecule has 1 aliphatic heterocycles. The zero-order chi connectivity index (χ0) is 22.5. The van der Waals surface area contributed by atoms with E-state index < -0.39 is 0 Å². The van der Waals surface area contributed by atoms with Crippen LogP contribution in [0.5, 0.6) is 5.75 Å².